The minimum absolute atomic E-state index is 0.120. The minimum Gasteiger partial charge on any atom is -0.389 e. The van der Waals surface area contributed by atoms with Crippen molar-refractivity contribution in [2.24, 2.45) is 5.92 Å². The summed E-state index contributed by atoms with van der Waals surface area (Å²) in [5.74, 6) is 1.47. The standard InChI is InChI=1S/C17H29N3O4/c1-12-7-14(18-24-12)9-20-5-3-13(4-6-20)8-19(2)15-10-23-11-16(21)17(15)22/h7,13,15-17,21-22H,3-6,8-11H2,1-2H3/t15-,16-,17+/m1/s1. The molecule has 1 aromatic heterocycles. The Labute approximate surface area is 143 Å². The topological polar surface area (TPSA) is 82.2 Å². The lowest BCUT2D eigenvalue weighted by atomic mass is 9.94. The van der Waals surface area contributed by atoms with Crippen molar-refractivity contribution >= 4 is 0 Å². The third-order valence-electron chi connectivity index (χ3n) is 5.25. The highest BCUT2D eigenvalue weighted by Gasteiger charge is 2.35. The molecule has 0 aromatic carbocycles. The number of aliphatic hydroxyl groups is 2. The number of hydrogen-bond donors (Lipinski definition) is 2. The molecule has 3 heterocycles. The van der Waals surface area contributed by atoms with E-state index >= 15 is 0 Å². The molecule has 2 N–H and O–H groups in total. The maximum Gasteiger partial charge on any atom is 0.133 e. The van der Waals surface area contributed by atoms with E-state index < -0.39 is 12.2 Å². The number of rotatable bonds is 5. The molecule has 7 heteroatoms. The summed E-state index contributed by atoms with van der Waals surface area (Å²) in [6.07, 6.45) is 0.763. The minimum atomic E-state index is -0.779. The Kier molecular flexibility index (Phi) is 5.89. The average Bonchev–Trinajstić information content (AvgIpc) is 2.97. The largest absolute Gasteiger partial charge is 0.389 e. The lowest BCUT2D eigenvalue weighted by Gasteiger charge is -2.40. The van der Waals surface area contributed by atoms with Gasteiger partial charge in [0.25, 0.3) is 0 Å². The zero-order valence-electron chi connectivity index (χ0n) is 14.6. The molecule has 0 spiro atoms. The van der Waals surface area contributed by atoms with Crippen LogP contribution >= 0.6 is 0 Å². The molecule has 1 aromatic rings. The Morgan fingerprint density at radius 1 is 1.29 bits per heavy atom. The fourth-order valence-electron chi connectivity index (χ4n) is 3.74. The fraction of sp³-hybridized carbons (Fsp3) is 0.824. The molecule has 2 aliphatic heterocycles. The second-order valence-corrected chi connectivity index (χ2v) is 7.25. The molecule has 3 atom stereocenters. The average molecular weight is 339 g/mol. The van der Waals surface area contributed by atoms with Gasteiger partial charge in [0.2, 0.25) is 0 Å². The van der Waals surface area contributed by atoms with E-state index in [-0.39, 0.29) is 12.6 Å². The van der Waals surface area contributed by atoms with Crippen molar-refractivity contribution < 1.29 is 19.5 Å². The number of ether oxygens (including phenoxy) is 1. The van der Waals surface area contributed by atoms with E-state index in [4.69, 9.17) is 9.26 Å². The van der Waals surface area contributed by atoms with Gasteiger partial charge < -0.3 is 19.5 Å². The zero-order valence-corrected chi connectivity index (χ0v) is 14.6. The molecule has 136 valence electrons. The zero-order chi connectivity index (χ0) is 17.1. The van der Waals surface area contributed by atoms with Gasteiger partial charge in [-0.15, -0.1) is 0 Å². The van der Waals surface area contributed by atoms with Gasteiger partial charge in [0.1, 0.15) is 11.9 Å². The van der Waals surface area contributed by atoms with Crippen LogP contribution in [0.1, 0.15) is 24.3 Å². The van der Waals surface area contributed by atoms with Gasteiger partial charge in [-0.25, -0.2) is 0 Å². The molecule has 0 amide bonds. The number of likely N-dealkylation sites (N-methyl/N-ethyl adjacent to an activating group) is 1. The van der Waals surface area contributed by atoms with E-state index in [9.17, 15) is 10.2 Å². The van der Waals surface area contributed by atoms with Crippen LogP contribution in [0.4, 0.5) is 0 Å². The predicted molar refractivity (Wildman–Crippen MR) is 88.5 cm³/mol. The second kappa shape index (κ2) is 7.93. The second-order valence-electron chi connectivity index (χ2n) is 7.25. The fourth-order valence-corrected chi connectivity index (χ4v) is 3.74. The summed E-state index contributed by atoms with van der Waals surface area (Å²) in [6.45, 7) is 6.51. The van der Waals surface area contributed by atoms with Gasteiger partial charge in [0.05, 0.1) is 31.1 Å². The Morgan fingerprint density at radius 3 is 2.71 bits per heavy atom. The lowest BCUT2D eigenvalue weighted by Crippen LogP contribution is -2.56. The van der Waals surface area contributed by atoms with Gasteiger partial charge in [0.15, 0.2) is 0 Å². The molecule has 24 heavy (non-hydrogen) atoms. The first-order valence-electron chi connectivity index (χ1n) is 8.81. The molecular formula is C17H29N3O4. The van der Waals surface area contributed by atoms with Crippen LogP contribution in [0.2, 0.25) is 0 Å². The van der Waals surface area contributed by atoms with Crippen LogP contribution < -0.4 is 0 Å². The van der Waals surface area contributed by atoms with Crippen LogP contribution in [0.25, 0.3) is 0 Å². The summed E-state index contributed by atoms with van der Waals surface area (Å²) < 4.78 is 10.5. The summed E-state index contributed by atoms with van der Waals surface area (Å²) >= 11 is 0. The molecule has 7 nitrogen and oxygen atoms in total. The van der Waals surface area contributed by atoms with Crippen molar-refractivity contribution in [3.05, 3.63) is 17.5 Å². The van der Waals surface area contributed by atoms with Gasteiger partial charge in [-0.1, -0.05) is 5.16 Å². The Morgan fingerprint density at radius 2 is 2.04 bits per heavy atom. The number of piperidine rings is 1. The van der Waals surface area contributed by atoms with Gasteiger partial charge >= 0.3 is 0 Å². The summed E-state index contributed by atoms with van der Waals surface area (Å²) in [4.78, 5) is 4.56. The summed E-state index contributed by atoms with van der Waals surface area (Å²) in [5, 5.41) is 24.0. The highest BCUT2D eigenvalue weighted by Crippen LogP contribution is 2.22. The quantitative estimate of drug-likeness (QED) is 0.795. The molecule has 0 aliphatic carbocycles. The maximum atomic E-state index is 10.1. The number of likely N-dealkylation sites (tertiary alicyclic amines) is 1. The number of aliphatic hydroxyl groups excluding tert-OH is 2. The van der Waals surface area contributed by atoms with Crippen LogP contribution in [0, 0.1) is 12.8 Å². The van der Waals surface area contributed by atoms with Crippen molar-refractivity contribution in [1.82, 2.24) is 15.0 Å². The van der Waals surface area contributed by atoms with E-state index in [0.29, 0.717) is 12.5 Å². The summed E-state index contributed by atoms with van der Waals surface area (Å²) in [5.41, 5.74) is 1.000. The summed E-state index contributed by atoms with van der Waals surface area (Å²) in [6, 6.07) is 1.88. The Balaban J connectivity index is 1.43. The van der Waals surface area contributed by atoms with Crippen LogP contribution in [-0.2, 0) is 11.3 Å². The normalized spacial score (nSPS) is 30.1. The van der Waals surface area contributed by atoms with E-state index in [1.165, 1.54) is 0 Å². The van der Waals surface area contributed by atoms with Gasteiger partial charge in [-0.05, 0) is 45.8 Å². The van der Waals surface area contributed by atoms with Crippen molar-refractivity contribution in [1.29, 1.82) is 0 Å². The monoisotopic (exact) mass is 339 g/mol. The Hall–Kier alpha value is -0.990. The van der Waals surface area contributed by atoms with Crippen molar-refractivity contribution in [3.8, 4) is 0 Å². The summed E-state index contributed by atoms with van der Waals surface area (Å²) in [7, 11) is 2.01. The molecule has 2 fully saturated rings. The predicted octanol–water partition coefficient (Wildman–Crippen LogP) is 0.247. The smallest absolute Gasteiger partial charge is 0.133 e. The van der Waals surface area contributed by atoms with Gasteiger partial charge in [0, 0.05) is 19.2 Å². The third kappa shape index (κ3) is 4.34. The SMILES string of the molecule is Cc1cc(CN2CCC(CN(C)[C@@H]3COC[C@@H](O)[C@H]3O)CC2)no1. The van der Waals surface area contributed by atoms with E-state index in [1.54, 1.807) is 0 Å². The number of hydrogen-bond acceptors (Lipinski definition) is 7. The maximum absolute atomic E-state index is 10.1. The number of aromatic nitrogens is 1. The molecule has 0 radical (unpaired) electrons. The van der Waals surface area contributed by atoms with Crippen molar-refractivity contribution in [2.45, 2.75) is 44.6 Å². The lowest BCUT2D eigenvalue weighted by molar-refractivity contribution is -0.130. The van der Waals surface area contributed by atoms with Crippen LogP contribution in [0.15, 0.2) is 10.6 Å². The molecular weight excluding hydrogens is 310 g/mol. The van der Waals surface area contributed by atoms with E-state index in [1.807, 2.05) is 20.0 Å². The van der Waals surface area contributed by atoms with Crippen LogP contribution in [0.5, 0.6) is 0 Å². The van der Waals surface area contributed by atoms with Gasteiger partial charge in [-0.3, -0.25) is 9.80 Å². The highest BCUT2D eigenvalue weighted by atomic mass is 16.5. The third-order valence-corrected chi connectivity index (χ3v) is 5.25. The molecule has 3 rings (SSSR count). The number of aryl methyl sites for hydroxylation is 1. The first-order chi connectivity index (χ1) is 11.5. The number of nitrogens with zero attached hydrogens (tertiary/aromatic N) is 3. The van der Waals surface area contributed by atoms with Gasteiger partial charge in [-0.2, -0.15) is 0 Å². The first-order valence-corrected chi connectivity index (χ1v) is 8.81. The van der Waals surface area contributed by atoms with Crippen molar-refractivity contribution in [2.75, 3.05) is 39.9 Å². The van der Waals surface area contributed by atoms with Crippen LogP contribution in [-0.4, -0.2) is 83.3 Å². The van der Waals surface area contributed by atoms with Crippen LogP contribution in [0.3, 0.4) is 0 Å². The van der Waals surface area contributed by atoms with E-state index in [2.05, 4.69) is 15.0 Å². The molecule has 0 unspecified atom stereocenters. The molecule has 2 saturated heterocycles. The first kappa shape index (κ1) is 17.8. The molecule has 0 saturated carbocycles. The Bertz CT molecular complexity index is 516. The van der Waals surface area contributed by atoms with Crippen molar-refractivity contribution in [3.63, 3.8) is 0 Å². The van der Waals surface area contributed by atoms with E-state index in [0.717, 1.165) is 50.5 Å². The molecule has 2 aliphatic rings. The highest BCUT2D eigenvalue weighted by molar-refractivity contribution is 5.03. The molecule has 0 bridgehead atoms.